The van der Waals surface area contributed by atoms with E-state index in [2.05, 4.69) is 11.4 Å². The Morgan fingerprint density at radius 1 is 1.19 bits per heavy atom. The van der Waals surface area contributed by atoms with E-state index in [0.717, 1.165) is 12.0 Å². The van der Waals surface area contributed by atoms with E-state index in [9.17, 15) is 13.2 Å². The first-order valence-corrected chi connectivity index (χ1v) is 12.7. The van der Waals surface area contributed by atoms with Gasteiger partial charge in [0, 0.05) is 30.6 Å². The van der Waals surface area contributed by atoms with Gasteiger partial charge in [-0.25, -0.2) is 8.42 Å². The third-order valence-electron chi connectivity index (χ3n) is 5.88. The number of fused-ring (bicyclic) bond motifs is 1. The Kier molecular flexibility index (Phi) is 6.37. The zero-order valence-electron chi connectivity index (χ0n) is 18.3. The lowest BCUT2D eigenvalue weighted by Gasteiger charge is -2.34. The molecule has 0 saturated carbocycles. The lowest BCUT2D eigenvalue weighted by atomic mass is 10.0. The average Bonchev–Trinajstić information content (AvgIpc) is 3.29. The van der Waals surface area contributed by atoms with Gasteiger partial charge in [-0.3, -0.25) is 4.79 Å². The molecule has 4 rings (SSSR count). The first-order chi connectivity index (χ1) is 15.3. The maximum Gasteiger partial charge on any atom is 0.254 e. The van der Waals surface area contributed by atoms with Crippen LogP contribution in [0.15, 0.2) is 64.9 Å². The lowest BCUT2D eigenvalue weighted by Crippen LogP contribution is -2.38. The number of hydrogen-bond acceptors (Lipinski definition) is 5. The molecule has 0 spiro atoms. The molecule has 2 heterocycles. The number of nitrogens with zero attached hydrogens (tertiary/aromatic N) is 2. The maximum absolute atomic E-state index is 13.4. The van der Waals surface area contributed by atoms with Gasteiger partial charge in [0.1, 0.15) is 10.6 Å². The molecule has 168 valence electrons. The SMILES string of the molecule is COc1ccc(C(=O)N2CCc3sccc3C2C)cc1S(=O)(=O)N(C)Cc1ccccc1. The minimum Gasteiger partial charge on any atom is -0.495 e. The first-order valence-electron chi connectivity index (χ1n) is 10.4. The van der Waals surface area contributed by atoms with Crippen molar-refractivity contribution in [2.45, 2.75) is 30.8 Å². The van der Waals surface area contributed by atoms with Crippen LogP contribution in [0.2, 0.25) is 0 Å². The van der Waals surface area contributed by atoms with Crippen LogP contribution in [0.4, 0.5) is 0 Å². The number of amides is 1. The van der Waals surface area contributed by atoms with Crippen molar-refractivity contribution in [3.63, 3.8) is 0 Å². The zero-order valence-corrected chi connectivity index (χ0v) is 19.9. The highest BCUT2D eigenvalue weighted by atomic mass is 32.2. The van der Waals surface area contributed by atoms with Crippen molar-refractivity contribution in [2.24, 2.45) is 0 Å². The summed E-state index contributed by atoms with van der Waals surface area (Å²) in [7, 11) is -0.923. The smallest absolute Gasteiger partial charge is 0.254 e. The second kappa shape index (κ2) is 9.05. The maximum atomic E-state index is 13.4. The Hall–Kier alpha value is -2.68. The summed E-state index contributed by atoms with van der Waals surface area (Å²) in [5, 5.41) is 2.05. The van der Waals surface area contributed by atoms with Gasteiger partial charge in [-0.15, -0.1) is 11.3 Å². The van der Waals surface area contributed by atoms with E-state index in [4.69, 9.17) is 4.74 Å². The summed E-state index contributed by atoms with van der Waals surface area (Å²) in [5.74, 6) is 0.0347. The predicted molar refractivity (Wildman–Crippen MR) is 126 cm³/mol. The van der Waals surface area contributed by atoms with Crippen molar-refractivity contribution in [1.82, 2.24) is 9.21 Å². The summed E-state index contributed by atoms with van der Waals surface area (Å²) in [4.78, 5) is 16.5. The predicted octanol–water partition coefficient (Wildman–Crippen LogP) is 4.34. The fourth-order valence-corrected chi connectivity index (χ4v) is 6.36. The van der Waals surface area contributed by atoms with Crippen LogP contribution in [0.3, 0.4) is 0 Å². The normalized spacial score (nSPS) is 16.1. The molecule has 3 aromatic rings. The highest BCUT2D eigenvalue weighted by Gasteiger charge is 2.31. The molecule has 6 nitrogen and oxygen atoms in total. The number of ether oxygens (including phenoxy) is 1. The van der Waals surface area contributed by atoms with Gasteiger partial charge < -0.3 is 9.64 Å². The monoisotopic (exact) mass is 470 g/mol. The molecule has 8 heteroatoms. The molecule has 0 bridgehead atoms. The average molecular weight is 471 g/mol. The van der Waals surface area contributed by atoms with E-state index < -0.39 is 10.0 Å². The van der Waals surface area contributed by atoms with E-state index >= 15 is 0 Å². The van der Waals surface area contributed by atoms with Gasteiger partial charge in [-0.1, -0.05) is 30.3 Å². The summed E-state index contributed by atoms with van der Waals surface area (Å²) in [6.07, 6.45) is 0.810. The van der Waals surface area contributed by atoms with Crippen molar-refractivity contribution >= 4 is 27.3 Å². The fraction of sp³-hybridized carbons (Fsp3) is 0.292. The molecule has 1 aromatic heterocycles. The largest absolute Gasteiger partial charge is 0.495 e. The van der Waals surface area contributed by atoms with Crippen molar-refractivity contribution in [3.8, 4) is 5.75 Å². The highest BCUT2D eigenvalue weighted by Crippen LogP contribution is 2.35. The number of carbonyl (C=O) groups is 1. The third kappa shape index (κ3) is 4.18. The molecular formula is C24H26N2O4S2. The summed E-state index contributed by atoms with van der Waals surface area (Å²) in [6, 6.07) is 16.0. The number of benzene rings is 2. The highest BCUT2D eigenvalue weighted by molar-refractivity contribution is 7.89. The number of methoxy groups -OCH3 is 1. The molecule has 0 N–H and O–H groups in total. The molecule has 2 aromatic carbocycles. The summed E-state index contributed by atoms with van der Waals surface area (Å²) >= 11 is 1.71. The molecule has 0 radical (unpaired) electrons. The molecule has 1 amide bonds. The van der Waals surface area contributed by atoms with Gasteiger partial charge >= 0.3 is 0 Å². The molecule has 0 fully saturated rings. The molecule has 1 aliphatic heterocycles. The number of rotatable bonds is 6. The van der Waals surface area contributed by atoms with E-state index in [1.165, 1.54) is 35.0 Å². The molecular weight excluding hydrogens is 444 g/mol. The van der Waals surface area contributed by atoms with E-state index in [1.807, 2.05) is 37.3 Å². The Labute approximate surface area is 193 Å². The van der Waals surface area contributed by atoms with Gasteiger partial charge in [0.2, 0.25) is 10.0 Å². The van der Waals surface area contributed by atoms with Crippen molar-refractivity contribution in [3.05, 3.63) is 81.5 Å². The Balaban J connectivity index is 1.65. The summed E-state index contributed by atoms with van der Waals surface area (Å²) in [5.41, 5.74) is 2.38. The van der Waals surface area contributed by atoms with Gasteiger partial charge in [0.05, 0.1) is 13.2 Å². The fourth-order valence-electron chi connectivity index (χ4n) is 4.06. The molecule has 0 aliphatic carbocycles. The van der Waals surface area contributed by atoms with E-state index in [0.29, 0.717) is 12.1 Å². The second-order valence-electron chi connectivity index (χ2n) is 7.84. The second-order valence-corrected chi connectivity index (χ2v) is 10.8. The Morgan fingerprint density at radius 2 is 1.94 bits per heavy atom. The number of sulfonamides is 1. The molecule has 1 unspecified atom stereocenters. The minimum absolute atomic E-state index is 0.00911. The number of hydrogen-bond donors (Lipinski definition) is 0. The molecule has 1 aliphatic rings. The van der Waals surface area contributed by atoms with Crippen molar-refractivity contribution in [2.75, 3.05) is 20.7 Å². The number of thiophene rings is 1. The van der Waals surface area contributed by atoms with Gasteiger partial charge in [0.15, 0.2) is 0 Å². The Bertz CT molecular complexity index is 1220. The quantitative estimate of drug-likeness (QED) is 0.538. The topological polar surface area (TPSA) is 66.9 Å². The molecule has 0 saturated heterocycles. The van der Waals surface area contributed by atoms with Crippen LogP contribution >= 0.6 is 11.3 Å². The standard InChI is InChI=1S/C24H26N2O4S2/c1-17-20-12-14-31-22(20)11-13-26(17)24(27)19-9-10-21(30-3)23(15-19)32(28,29)25(2)16-18-7-5-4-6-8-18/h4-10,12,14-15,17H,11,13,16H2,1-3H3. The van der Waals surface area contributed by atoms with Crippen LogP contribution < -0.4 is 4.74 Å². The van der Waals surface area contributed by atoms with Crippen molar-refractivity contribution in [1.29, 1.82) is 0 Å². The van der Waals surface area contributed by atoms with Gasteiger partial charge in [-0.05, 0) is 54.1 Å². The van der Waals surface area contributed by atoms with E-state index in [-0.39, 0.29) is 29.1 Å². The van der Waals surface area contributed by atoms with Crippen LogP contribution in [-0.4, -0.2) is 44.2 Å². The van der Waals surface area contributed by atoms with Gasteiger partial charge in [0.25, 0.3) is 5.91 Å². The summed E-state index contributed by atoms with van der Waals surface area (Å²) in [6.45, 7) is 2.83. The third-order valence-corrected chi connectivity index (χ3v) is 8.71. The summed E-state index contributed by atoms with van der Waals surface area (Å²) < 4.78 is 33.4. The van der Waals surface area contributed by atoms with Crippen LogP contribution in [0.25, 0.3) is 0 Å². The molecule has 32 heavy (non-hydrogen) atoms. The van der Waals surface area contributed by atoms with Crippen molar-refractivity contribution < 1.29 is 17.9 Å². The Morgan fingerprint density at radius 3 is 2.66 bits per heavy atom. The molecule has 1 atom stereocenters. The van der Waals surface area contributed by atoms with Crippen LogP contribution in [0.1, 0.15) is 39.3 Å². The van der Waals surface area contributed by atoms with Crippen LogP contribution in [0, 0.1) is 0 Å². The van der Waals surface area contributed by atoms with Crippen LogP contribution in [-0.2, 0) is 23.0 Å². The minimum atomic E-state index is -3.88. The van der Waals surface area contributed by atoms with Crippen LogP contribution in [0.5, 0.6) is 5.75 Å². The van der Waals surface area contributed by atoms with Gasteiger partial charge in [-0.2, -0.15) is 4.31 Å². The van der Waals surface area contributed by atoms with E-state index in [1.54, 1.807) is 28.4 Å². The lowest BCUT2D eigenvalue weighted by molar-refractivity contribution is 0.0679. The first kappa shape index (κ1) is 22.5. The zero-order chi connectivity index (χ0) is 22.9. The number of carbonyl (C=O) groups excluding carboxylic acids is 1.